The summed E-state index contributed by atoms with van der Waals surface area (Å²) in [6.07, 6.45) is 3.96. The summed E-state index contributed by atoms with van der Waals surface area (Å²) >= 11 is 6.18. The molecule has 5 nitrogen and oxygen atoms in total. The number of nitrogens with zero attached hydrogens (tertiary/aromatic N) is 2. The lowest BCUT2D eigenvalue weighted by atomic mass is 9.91. The maximum atomic E-state index is 6.18. The molecule has 6 heteroatoms. The highest BCUT2D eigenvalue weighted by molar-refractivity contribution is 6.34. The van der Waals surface area contributed by atoms with E-state index >= 15 is 0 Å². The number of halogens is 1. The fourth-order valence-electron chi connectivity index (χ4n) is 2.92. The quantitative estimate of drug-likeness (QED) is 0.739. The summed E-state index contributed by atoms with van der Waals surface area (Å²) in [6, 6.07) is 0. The van der Waals surface area contributed by atoms with Crippen molar-refractivity contribution in [2.75, 3.05) is 13.2 Å². The van der Waals surface area contributed by atoms with Gasteiger partial charge in [-0.3, -0.25) is 0 Å². The van der Waals surface area contributed by atoms with Gasteiger partial charge in [0, 0.05) is 18.5 Å². The molecule has 1 N–H and O–H groups in total. The molecule has 0 unspecified atom stereocenters. The first-order valence-corrected chi connectivity index (χ1v) is 6.43. The van der Waals surface area contributed by atoms with Gasteiger partial charge in [-0.15, -0.1) is 0 Å². The van der Waals surface area contributed by atoms with Crippen molar-refractivity contribution in [2.45, 2.75) is 25.0 Å². The molecule has 0 atom stereocenters. The number of aromatic nitrogens is 3. The zero-order valence-corrected chi connectivity index (χ0v) is 10.5. The molecule has 1 saturated heterocycles. The third-order valence-electron chi connectivity index (χ3n) is 3.75. The minimum Gasteiger partial charge on any atom is -0.347 e. The molecule has 0 amide bonds. The van der Waals surface area contributed by atoms with Crippen molar-refractivity contribution >= 4 is 22.6 Å². The van der Waals surface area contributed by atoms with Crippen LogP contribution in [0.2, 0.25) is 5.15 Å². The van der Waals surface area contributed by atoms with E-state index in [1.165, 1.54) is 12.0 Å². The molecule has 1 fully saturated rings. The van der Waals surface area contributed by atoms with Crippen LogP contribution in [0.25, 0.3) is 11.0 Å². The van der Waals surface area contributed by atoms with Crippen LogP contribution in [0.4, 0.5) is 0 Å². The van der Waals surface area contributed by atoms with Gasteiger partial charge in [0.2, 0.25) is 0 Å². The van der Waals surface area contributed by atoms with E-state index in [9.17, 15) is 0 Å². The first-order valence-electron chi connectivity index (χ1n) is 6.05. The topological polar surface area (TPSA) is 60.0 Å². The van der Waals surface area contributed by atoms with Crippen LogP contribution in [0.15, 0.2) is 6.33 Å². The maximum Gasteiger partial charge on any atom is 0.172 e. The van der Waals surface area contributed by atoms with Crippen molar-refractivity contribution in [1.82, 2.24) is 15.0 Å². The van der Waals surface area contributed by atoms with Crippen molar-refractivity contribution in [1.29, 1.82) is 0 Å². The van der Waals surface area contributed by atoms with Gasteiger partial charge in [0.05, 0.1) is 18.6 Å². The number of ether oxygens (including phenoxy) is 2. The van der Waals surface area contributed by atoms with Crippen molar-refractivity contribution in [2.24, 2.45) is 0 Å². The van der Waals surface area contributed by atoms with E-state index in [4.69, 9.17) is 21.1 Å². The van der Waals surface area contributed by atoms with Crippen molar-refractivity contribution in [3.05, 3.63) is 22.7 Å². The summed E-state index contributed by atoms with van der Waals surface area (Å²) < 4.78 is 11.6. The van der Waals surface area contributed by atoms with Gasteiger partial charge in [0.15, 0.2) is 5.79 Å². The van der Waals surface area contributed by atoms with Crippen LogP contribution in [-0.4, -0.2) is 34.0 Å². The molecule has 1 aliphatic heterocycles. The average molecular weight is 266 g/mol. The Morgan fingerprint density at radius 1 is 1.28 bits per heavy atom. The molecule has 18 heavy (non-hydrogen) atoms. The summed E-state index contributed by atoms with van der Waals surface area (Å²) in [5.41, 5.74) is 3.12. The molecule has 1 aliphatic carbocycles. The number of aryl methyl sites for hydroxylation is 1. The molecule has 0 bridgehead atoms. The molecule has 2 aliphatic rings. The molecule has 0 aromatic carbocycles. The summed E-state index contributed by atoms with van der Waals surface area (Å²) in [5, 5.41) is 1.40. The van der Waals surface area contributed by atoms with Gasteiger partial charge in [0.25, 0.3) is 0 Å². The first-order chi connectivity index (χ1) is 8.77. The molecule has 94 valence electrons. The molecule has 2 aromatic heterocycles. The number of fused-ring (bicyclic) bond motifs is 3. The maximum absolute atomic E-state index is 6.18. The van der Waals surface area contributed by atoms with E-state index in [0.29, 0.717) is 18.4 Å². The lowest BCUT2D eigenvalue weighted by Gasteiger charge is -2.31. The predicted molar refractivity (Wildman–Crippen MR) is 65.6 cm³/mol. The zero-order chi connectivity index (χ0) is 12.2. The summed E-state index contributed by atoms with van der Waals surface area (Å²) in [7, 11) is 0. The highest BCUT2D eigenvalue weighted by atomic mass is 35.5. The molecule has 3 heterocycles. The first kappa shape index (κ1) is 10.7. The summed E-state index contributed by atoms with van der Waals surface area (Å²) in [6.45, 7) is 1.34. The standard InChI is InChI=1S/C12H12ClN3O2/c13-10-9-7-5-12(17-3-4-18-12)2-1-8(7)16-11(9)15-6-14-10/h6H,1-5H2,(H,14,15,16). The second-order valence-electron chi connectivity index (χ2n) is 4.75. The largest absolute Gasteiger partial charge is 0.347 e. The Bertz CT molecular complexity index is 619. The third kappa shape index (κ3) is 1.41. The van der Waals surface area contributed by atoms with Gasteiger partial charge in [-0.2, -0.15) is 0 Å². The Hall–Kier alpha value is -1.17. The van der Waals surface area contributed by atoms with E-state index < -0.39 is 5.79 Å². The lowest BCUT2D eigenvalue weighted by molar-refractivity contribution is -0.163. The molecule has 0 saturated carbocycles. The van der Waals surface area contributed by atoms with Gasteiger partial charge in [-0.05, 0) is 12.0 Å². The number of hydrogen-bond acceptors (Lipinski definition) is 4. The van der Waals surface area contributed by atoms with Crippen LogP contribution < -0.4 is 0 Å². The highest BCUT2D eigenvalue weighted by Gasteiger charge is 2.41. The van der Waals surface area contributed by atoms with Crippen LogP contribution in [0, 0.1) is 0 Å². The van der Waals surface area contributed by atoms with Crippen LogP contribution in [0.3, 0.4) is 0 Å². The summed E-state index contributed by atoms with van der Waals surface area (Å²) in [5.74, 6) is -0.457. The monoisotopic (exact) mass is 265 g/mol. The number of nitrogens with one attached hydrogen (secondary N) is 1. The normalized spacial score (nSPS) is 21.6. The van der Waals surface area contributed by atoms with E-state index in [1.54, 1.807) is 0 Å². The van der Waals surface area contributed by atoms with Crippen molar-refractivity contribution in [3.8, 4) is 0 Å². The Morgan fingerprint density at radius 2 is 2.11 bits per heavy atom. The Morgan fingerprint density at radius 3 is 2.94 bits per heavy atom. The van der Waals surface area contributed by atoms with Gasteiger partial charge in [0.1, 0.15) is 17.1 Å². The average Bonchev–Trinajstić information content (AvgIpc) is 2.95. The van der Waals surface area contributed by atoms with Crippen molar-refractivity contribution < 1.29 is 9.47 Å². The Balaban J connectivity index is 1.89. The number of aromatic amines is 1. The van der Waals surface area contributed by atoms with Gasteiger partial charge >= 0.3 is 0 Å². The minimum absolute atomic E-state index is 0.457. The van der Waals surface area contributed by atoms with Crippen LogP contribution in [0.1, 0.15) is 17.7 Å². The SMILES string of the molecule is Clc1ncnc2[nH]c3c(c12)CC1(CC3)OCCO1. The van der Waals surface area contributed by atoms with Crippen LogP contribution in [0.5, 0.6) is 0 Å². The van der Waals surface area contributed by atoms with E-state index in [1.807, 2.05) is 0 Å². The van der Waals surface area contributed by atoms with Crippen LogP contribution >= 0.6 is 11.6 Å². The molecule has 4 rings (SSSR count). The van der Waals surface area contributed by atoms with Gasteiger partial charge < -0.3 is 14.5 Å². The fraction of sp³-hybridized carbons (Fsp3) is 0.500. The van der Waals surface area contributed by atoms with Gasteiger partial charge in [-0.1, -0.05) is 11.6 Å². The van der Waals surface area contributed by atoms with E-state index in [2.05, 4.69) is 15.0 Å². The molecular formula is C12H12ClN3O2. The smallest absolute Gasteiger partial charge is 0.172 e. The molecule has 1 spiro atoms. The zero-order valence-electron chi connectivity index (χ0n) is 9.70. The second kappa shape index (κ2) is 3.66. The van der Waals surface area contributed by atoms with Crippen molar-refractivity contribution in [3.63, 3.8) is 0 Å². The predicted octanol–water partition coefficient (Wildman–Crippen LogP) is 1.84. The lowest BCUT2D eigenvalue weighted by Crippen LogP contribution is -2.36. The highest BCUT2D eigenvalue weighted by Crippen LogP contribution is 2.39. The van der Waals surface area contributed by atoms with E-state index in [-0.39, 0.29) is 0 Å². The number of rotatable bonds is 0. The van der Waals surface area contributed by atoms with Gasteiger partial charge in [-0.25, -0.2) is 9.97 Å². The third-order valence-corrected chi connectivity index (χ3v) is 4.04. The molecular weight excluding hydrogens is 254 g/mol. The minimum atomic E-state index is -0.457. The summed E-state index contributed by atoms with van der Waals surface area (Å²) in [4.78, 5) is 11.6. The molecule has 2 aromatic rings. The van der Waals surface area contributed by atoms with Crippen LogP contribution in [-0.2, 0) is 22.3 Å². The molecule has 0 radical (unpaired) electrons. The number of H-pyrrole nitrogens is 1. The number of hydrogen-bond donors (Lipinski definition) is 1. The Kier molecular flexibility index (Phi) is 2.18. The van der Waals surface area contributed by atoms with E-state index in [0.717, 1.165) is 35.9 Å². The Labute approximate surface area is 108 Å². The second-order valence-corrected chi connectivity index (χ2v) is 5.11. The fourth-order valence-corrected chi connectivity index (χ4v) is 3.17.